The molecule has 0 aromatic heterocycles. The van der Waals surface area contributed by atoms with Gasteiger partial charge in [-0.05, 0) is 26.3 Å². The number of carbonyl (C=O) groups excluding carboxylic acids is 1. The molecule has 1 aromatic rings. The van der Waals surface area contributed by atoms with E-state index in [9.17, 15) is 4.79 Å². The number of aryl methyl sites for hydroxylation is 1. The Balaban J connectivity index is 2.03. The second-order valence-electron chi connectivity index (χ2n) is 5.85. The molecule has 0 aliphatic carbocycles. The zero-order valence-electron chi connectivity index (χ0n) is 12.8. The number of hydrogen-bond acceptors (Lipinski definition) is 3. The zero-order chi connectivity index (χ0) is 15.5. The first-order valence-corrected chi connectivity index (χ1v) is 7.64. The van der Waals surface area contributed by atoms with Gasteiger partial charge < -0.3 is 14.4 Å². The van der Waals surface area contributed by atoms with E-state index in [1.165, 1.54) is 5.56 Å². The molecule has 1 amide bonds. The van der Waals surface area contributed by atoms with Gasteiger partial charge in [0.1, 0.15) is 12.0 Å². The maximum absolute atomic E-state index is 12.0. The van der Waals surface area contributed by atoms with E-state index in [1.807, 2.05) is 39.0 Å². The molecule has 0 saturated carbocycles. The average molecular weight is 312 g/mol. The molecule has 1 aromatic carbocycles. The maximum Gasteiger partial charge on any atom is 0.237 e. The molecule has 0 N–H and O–H groups in total. The number of amides is 1. The highest BCUT2D eigenvalue weighted by Gasteiger charge is 2.34. The Labute approximate surface area is 131 Å². The molecule has 21 heavy (non-hydrogen) atoms. The smallest absolute Gasteiger partial charge is 0.237 e. The molecule has 0 radical (unpaired) electrons. The van der Waals surface area contributed by atoms with Gasteiger partial charge in [-0.2, -0.15) is 0 Å². The molecule has 0 unspecified atom stereocenters. The fourth-order valence-corrected chi connectivity index (χ4v) is 2.64. The van der Waals surface area contributed by atoms with E-state index >= 15 is 0 Å². The Kier molecular flexibility index (Phi) is 5.25. The van der Waals surface area contributed by atoms with Crippen molar-refractivity contribution in [1.82, 2.24) is 4.90 Å². The van der Waals surface area contributed by atoms with Crippen LogP contribution in [0, 0.1) is 6.92 Å². The summed E-state index contributed by atoms with van der Waals surface area (Å²) in [5.74, 6) is -0.696. The van der Waals surface area contributed by atoms with Gasteiger partial charge in [0.05, 0.1) is 6.61 Å². The molecule has 4 nitrogen and oxygen atoms in total. The summed E-state index contributed by atoms with van der Waals surface area (Å²) < 4.78 is 11.3. The molecule has 1 heterocycles. The minimum atomic E-state index is -0.580. The first-order chi connectivity index (χ1) is 9.89. The van der Waals surface area contributed by atoms with E-state index < -0.39 is 5.79 Å². The third-order valence-corrected chi connectivity index (χ3v) is 3.64. The fraction of sp³-hybridized carbons (Fsp3) is 0.562. The lowest BCUT2D eigenvalue weighted by Gasteiger charge is -2.25. The highest BCUT2D eigenvalue weighted by atomic mass is 35.5. The van der Waals surface area contributed by atoms with Crippen molar-refractivity contribution in [3.63, 3.8) is 0 Å². The molecule has 1 fully saturated rings. The number of carbonyl (C=O) groups is 1. The van der Waals surface area contributed by atoms with Crippen molar-refractivity contribution in [3.8, 4) is 0 Å². The van der Waals surface area contributed by atoms with E-state index in [1.54, 1.807) is 4.90 Å². The number of nitrogens with zero attached hydrogens (tertiary/aromatic N) is 1. The lowest BCUT2D eigenvalue weighted by atomic mass is 10.1. The van der Waals surface area contributed by atoms with Gasteiger partial charge in [0.15, 0.2) is 5.79 Å². The van der Waals surface area contributed by atoms with Gasteiger partial charge in [-0.25, -0.2) is 0 Å². The molecule has 0 spiro atoms. The van der Waals surface area contributed by atoms with Crippen LogP contribution in [0.4, 0.5) is 0 Å². The molecule has 116 valence electrons. The standard InChI is InChI=1S/C16H22ClNO3/c1-12-5-4-6-13(7-12)9-18(15(19)8-17)10-14-11-20-16(2,3)21-14/h4-7,14H,8-11H2,1-3H3/t14-/m1/s1. The van der Waals surface area contributed by atoms with Crippen LogP contribution < -0.4 is 0 Å². The second kappa shape index (κ2) is 6.77. The molecule has 1 aliphatic rings. The van der Waals surface area contributed by atoms with E-state index in [-0.39, 0.29) is 17.9 Å². The summed E-state index contributed by atoms with van der Waals surface area (Å²) >= 11 is 5.72. The van der Waals surface area contributed by atoms with Gasteiger partial charge in [-0.15, -0.1) is 11.6 Å². The quantitative estimate of drug-likeness (QED) is 0.785. The SMILES string of the molecule is Cc1cccc(CN(C[C@@H]2COC(C)(C)O2)C(=O)CCl)c1. The predicted octanol–water partition coefficient (Wildman–Crippen LogP) is 2.71. The number of ether oxygens (including phenoxy) is 2. The number of rotatable bonds is 5. The Bertz CT molecular complexity index is 504. The largest absolute Gasteiger partial charge is 0.348 e. The first-order valence-electron chi connectivity index (χ1n) is 7.11. The molecule has 1 aliphatic heterocycles. The molecule has 1 atom stereocenters. The zero-order valence-corrected chi connectivity index (χ0v) is 13.5. The van der Waals surface area contributed by atoms with Gasteiger partial charge in [-0.1, -0.05) is 29.8 Å². The monoisotopic (exact) mass is 311 g/mol. The third-order valence-electron chi connectivity index (χ3n) is 3.41. The number of benzene rings is 1. The van der Waals surface area contributed by atoms with Crippen LogP contribution in [0.2, 0.25) is 0 Å². The van der Waals surface area contributed by atoms with Crippen molar-refractivity contribution < 1.29 is 14.3 Å². The summed E-state index contributed by atoms with van der Waals surface area (Å²) in [4.78, 5) is 13.8. The van der Waals surface area contributed by atoms with Crippen molar-refractivity contribution in [2.24, 2.45) is 0 Å². The second-order valence-corrected chi connectivity index (χ2v) is 6.11. The maximum atomic E-state index is 12.0. The average Bonchev–Trinajstić information content (AvgIpc) is 2.76. The van der Waals surface area contributed by atoms with Crippen LogP contribution in [0.25, 0.3) is 0 Å². The van der Waals surface area contributed by atoms with Gasteiger partial charge in [0.2, 0.25) is 5.91 Å². The third kappa shape index (κ3) is 4.70. The van der Waals surface area contributed by atoms with Gasteiger partial charge >= 0.3 is 0 Å². The van der Waals surface area contributed by atoms with Crippen molar-refractivity contribution in [3.05, 3.63) is 35.4 Å². The Morgan fingerprint density at radius 1 is 1.48 bits per heavy atom. The minimum absolute atomic E-state index is 0.0250. The van der Waals surface area contributed by atoms with Crippen molar-refractivity contribution in [2.75, 3.05) is 19.0 Å². The topological polar surface area (TPSA) is 38.8 Å². The summed E-state index contributed by atoms with van der Waals surface area (Å²) in [6.07, 6.45) is -0.114. The van der Waals surface area contributed by atoms with E-state index in [2.05, 4.69) is 6.07 Å². The van der Waals surface area contributed by atoms with Crippen LogP contribution in [-0.2, 0) is 20.8 Å². The lowest BCUT2D eigenvalue weighted by Crippen LogP contribution is -2.39. The van der Waals surface area contributed by atoms with Crippen LogP contribution in [0.5, 0.6) is 0 Å². The van der Waals surface area contributed by atoms with Crippen molar-refractivity contribution in [2.45, 2.75) is 39.2 Å². The molecular weight excluding hydrogens is 290 g/mol. The molecular formula is C16H22ClNO3. The van der Waals surface area contributed by atoms with Gasteiger partial charge in [0.25, 0.3) is 0 Å². The van der Waals surface area contributed by atoms with E-state index in [0.717, 1.165) is 5.56 Å². The van der Waals surface area contributed by atoms with Crippen LogP contribution in [0.1, 0.15) is 25.0 Å². The van der Waals surface area contributed by atoms with E-state index in [4.69, 9.17) is 21.1 Å². The normalized spacial score (nSPS) is 20.5. The highest BCUT2D eigenvalue weighted by Crippen LogP contribution is 2.23. The van der Waals surface area contributed by atoms with Crippen LogP contribution in [0.15, 0.2) is 24.3 Å². The molecule has 1 saturated heterocycles. The molecule has 0 bridgehead atoms. The van der Waals surface area contributed by atoms with Gasteiger partial charge in [0, 0.05) is 13.1 Å². The van der Waals surface area contributed by atoms with Gasteiger partial charge in [-0.3, -0.25) is 4.79 Å². The number of halogens is 1. The summed E-state index contributed by atoms with van der Waals surface area (Å²) in [7, 11) is 0. The predicted molar refractivity (Wildman–Crippen MR) is 82.2 cm³/mol. The molecule has 2 rings (SSSR count). The summed E-state index contributed by atoms with van der Waals surface area (Å²) in [6.45, 7) is 7.31. The first kappa shape index (κ1) is 16.3. The fourth-order valence-electron chi connectivity index (χ4n) is 2.47. The highest BCUT2D eigenvalue weighted by molar-refractivity contribution is 6.27. The number of hydrogen-bond donors (Lipinski definition) is 0. The lowest BCUT2D eigenvalue weighted by molar-refractivity contribution is -0.145. The minimum Gasteiger partial charge on any atom is -0.348 e. The van der Waals surface area contributed by atoms with Crippen molar-refractivity contribution >= 4 is 17.5 Å². The van der Waals surface area contributed by atoms with Crippen LogP contribution in [-0.4, -0.2) is 41.7 Å². The summed E-state index contributed by atoms with van der Waals surface area (Å²) in [5, 5.41) is 0. The Morgan fingerprint density at radius 3 is 2.81 bits per heavy atom. The number of alkyl halides is 1. The summed E-state index contributed by atoms with van der Waals surface area (Å²) in [5.41, 5.74) is 2.26. The van der Waals surface area contributed by atoms with Crippen LogP contribution in [0.3, 0.4) is 0 Å². The Morgan fingerprint density at radius 2 is 2.24 bits per heavy atom. The van der Waals surface area contributed by atoms with Crippen molar-refractivity contribution in [1.29, 1.82) is 0 Å². The van der Waals surface area contributed by atoms with E-state index in [0.29, 0.717) is 19.7 Å². The van der Waals surface area contributed by atoms with Crippen LogP contribution >= 0.6 is 11.6 Å². The molecule has 5 heteroatoms. The summed E-state index contributed by atoms with van der Waals surface area (Å²) in [6, 6.07) is 8.11. The Hall–Kier alpha value is -1.10.